The number of benzene rings is 2. The van der Waals surface area contributed by atoms with Crippen molar-refractivity contribution >= 4 is 15.9 Å². The number of rotatable bonds is 6. The highest BCUT2D eigenvalue weighted by Crippen LogP contribution is 2.26. The highest BCUT2D eigenvalue weighted by atomic mass is 32.2. The van der Waals surface area contributed by atoms with Crippen LogP contribution >= 0.6 is 0 Å². The Bertz CT molecular complexity index is 1020. The Kier molecular flexibility index (Phi) is 6.36. The Balaban J connectivity index is 1.60. The van der Waals surface area contributed by atoms with Crippen LogP contribution in [0.5, 0.6) is 11.5 Å². The summed E-state index contributed by atoms with van der Waals surface area (Å²) >= 11 is 0. The summed E-state index contributed by atoms with van der Waals surface area (Å²) in [5.74, 6) is 0.774. The van der Waals surface area contributed by atoms with E-state index in [0.29, 0.717) is 11.5 Å². The molecule has 0 N–H and O–H groups in total. The topological polar surface area (TPSA) is 99.9 Å². The summed E-state index contributed by atoms with van der Waals surface area (Å²) in [5.41, 5.74) is 0.108. The second-order valence-corrected chi connectivity index (χ2v) is 8.24. The van der Waals surface area contributed by atoms with Gasteiger partial charge in [-0.3, -0.25) is 4.79 Å². The zero-order valence-electron chi connectivity index (χ0n) is 15.9. The first kappa shape index (κ1) is 20.6. The Morgan fingerprint density at radius 3 is 2.31 bits per heavy atom. The van der Waals surface area contributed by atoms with Crippen molar-refractivity contribution in [1.82, 2.24) is 9.21 Å². The van der Waals surface area contributed by atoms with Crippen LogP contribution in [0.15, 0.2) is 53.4 Å². The van der Waals surface area contributed by atoms with E-state index in [2.05, 4.69) is 0 Å². The van der Waals surface area contributed by atoms with Gasteiger partial charge in [-0.1, -0.05) is 24.3 Å². The molecule has 1 amide bonds. The molecule has 0 radical (unpaired) electrons. The van der Waals surface area contributed by atoms with Gasteiger partial charge in [0.25, 0.3) is 5.91 Å². The van der Waals surface area contributed by atoms with Gasteiger partial charge in [-0.15, -0.1) is 0 Å². The van der Waals surface area contributed by atoms with Crippen LogP contribution < -0.4 is 9.47 Å². The zero-order chi connectivity index (χ0) is 20.9. The lowest BCUT2D eigenvalue weighted by Gasteiger charge is -2.34. The van der Waals surface area contributed by atoms with Crippen LogP contribution in [-0.2, 0) is 14.8 Å². The van der Waals surface area contributed by atoms with Crippen molar-refractivity contribution in [3.63, 3.8) is 0 Å². The number of piperazine rings is 1. The van der Waals surface area contributed by atoms with Crippen LogP contribution in [0, 0.1) is 11.3 Å². The van der Waals surface area contributed by atoms with E-state index in [-0.39, 0.29) is 49.2 Å². The molecule has 9 heteroatoms. The molecule has 1 saturated heterocycles. The van der Waals surface area contributed by atoms with E-state index >= 15 is 0 Å². The van der Waals surface area contributed by atoms with Crippen molar-refractivity contribution in [1.29, 1.82) is 5.26 Å². The molecule has 0 bridgehead atoms. The number of para-hydroxylation sites is 2. The zero-order valence-corrected chi connectivity index (χ0v) is 16.8. The minimum absolute atomic E-state index is 0.0122. The largest absolute Gasteiger partial charge is 0.493 e. The lowest BCUT2D eigenvalue weighted by molar-refractivity contribution is -0.134. The number of nitriles is 1. The van der Waals surface area contributed by atoms with Gasteiger partial charge in [0.2, 0.25) is 10.0 Å². The molecule has 152 valence electrons. The molecule has 8 nitrogen and oxygen atoms in total. The van der Waals surface area contributed by atoms with E-state index in [4.69, 9.17) is 9.47 Å². The average Bonchev–Trinajstić information content (AvgIpc) is 2.77. The minimum atomic E-state index is -3.79. The summed E-state index contributed by atoms with van der Waals surface area (Å²) in [6, 6.07) is 15.1. The molecule has 0 spiro atoms. The van der Waals surface area contributed by atoms with Gasteiger partial charge in [-0.25, -0.2) is 8.42 Å². The summed E-state index contributed by atoms with van der Waals surface area (Å²) in [4.78, 5) is 14.0. The monoisotopic (exact) mass is 415 g/mol. The maximum Gasteiger partial charge on any atom is 0.260 e. The molecule has 0 atom stereocenters. The number of sulfonamides is 1. The van der Waals surface area contributed by atoms with Gasteiger partial charge >= 0.3 is 0 Å². The maximum absolute atomic E-state index is 12.9. The normalized spacial score (nSPS) is 14.8. The predicted molar refractivity (Wildman–Crippen MR) is 105 cm³/mol. The SMILES string of the molecule is COc1ccccc1OCC(=O)N1CCN(S(=O)(=O)c2ccccc2C#N)CC1. The first-order valence-corrected chi connectivity index (χ1v) is 10.4. The Hall–Kier alpha value is -3.09. The molecule has 0 aliphatic carbocycles. The van der Waals surface area contributed by atoms with Gasteiger partial charge < -0.3 is 14.4 Å². The van der Waals surface area contributed by atoms with Gasteiger partial charge in [0.05, 0.1) is 17.6 Å². The molecule has 29 heavy (non-hydrogen) atoms. The number of carbonyl (C=O) groups excluding carboxylic acids is 1. The molecule has 0 unspecified atom stereocenters. The first-order valence-electron chi connectivity index (χ1n) is 9.00. The summed E-state index contributed by atoms with van der Waals surface area (Å²) < 4.78 is 37.8. The molecule has 0 saturated carbocycles. The highest BCUT2D eigenvalue weighted by molar-refractivity contribution is 7.89. The lowest BCUT2D eigenvalue weighted by Crippen LogP contribution is -2.51. The second kappa shape index (κ2) is 8.94. The van der Waals surface area contributed by atoms with Crippen molar-refractivity contribution in [3.05, 3.63) is 54.1 Å². The van der Waals surface area contributed by atoms with Crippen molar-refractivity contribution in [2.45, 2.75) is 4.90 Å². The summed E-state index contributed by atoms with van der Waals surface area (Å²) in [6.07, 6.45) is 0. The van der Waals surface area contributed by atoms with Crippen molar-refractivity contribution < 1.29 is 22.7 Å². The van der Waals surface area contributed by atoms with E-state index < -0.39 is 10.0 Å². The van der Waals surface area contributed by atoms with E-state index in [1.54, 1.807) is 41.3 Å². The van der Waals surface area contributed by atoms with Gasteiger partial charge in [0.1, 0.15) is 6.07 Å². The fraction of sp³-hybridized carbons (Fsp3) is 0.300. The summed E-state index contributed by atoms with van der Waals surface area (Å²) in [6.45, 7) is 0.652. The Morgan fingerprint density at radius 2 is 1.66 bits per heavy atom. The van der Waals surface area contributed by atoms with Crippen LogP contribution in [-0.4, -0.2) is 63.4 Å². The van der Waals surface area contributed by atoms with Gasteiger partial charge in [0, 0.05) is 26.2 Å². The molecular formula is C20H21N3O5S. The van der Waals surface area contributed by atoms with Gasteiger partial charge in [0.15, 0.2) is 18.1 Å². The summed E-state index contributed by atoms with van der Waals surface area (Å²) in [7, 11) is -2.27. The smallest absolute Gasteiger partial charge is 0.260 e. The number of hydrogen-bond donors (Lipinski definition) is 0. The van der Waals surface area contributed by atoms with Crippen LogP contribution in [0.25, 0.3) is 0 Å². The third-order valence-corrected chi connectivity index (χ3v) is 6.59. The quantitative estimate of drug-likeness (QED) is 0.709. The molecule has 0 aromatic heterocycles. The van der Waals surface area contributed by atoms with Crippen LogP contribution in [0.3, 0.4) is 0 Å². The van der Waals surface area contributed by atoms with Crippen molar-refractivity contribution in [2.24, 2.45) is 0 Å². The minimum Gasteiger partial charge on any atom is -0.493 e. The highest BCUT2D eigenvalue weighted by Gasteiger charge is 2.31. The van der Waals surface area contributed by atoms with Crippen molar-refractivity contribution in [2.75, 3.05) is 39.9 Å². The summed E-state index contributed by atoms with van der Waals surface area (Å²) in [5, 5.41) is 9.18. The van der Waals surface area contributed by atoms with Crippen molar-refractivity contribution in [3.8, 4) is 17.6 Å². The van der Waals surface area contributed by atoms with E-state index in [1.807, 2.05) is 6.07 Å². The van der Waals surface area contributed by atoms with E-state index in [1.165, 1.54) is 23.5 Å². The molecule has 1 heterocycles. The second-order valence-electron chi connectivity index (χ2n) is 6.33. The molecule has 1 aliphatic rings. The predicted octanol–water partition coefficient (Wildman–Crippen LogP) is 1.48. The van der Waals surface area contributed by atoms with Crippen LogP contribution in [0.1, 0.15) is 5.56 Å². The number of carbonyl (C=O) groups is 1. The number of nitrogens with zero attached hydrogens (tertiary/aromatic N) is 3. The molecule has 2 aromatic rings. The molecule has 1 fully saturated rings. The molecule has 2 aromatic carbocycles. The third kappa shape index (κ3) is 4.50. The maximum atomic E-state index is 12.9. The number of ether oxygens (including phenoxy) is 2. The van der Waals surface area contributed by atoms with Crippen LogP contribution in [0.4, 0.5) is 0 Å². The first-order chi connectivity index (χ1) is 14.0. The fourth-order valence-electron chi connectivity index (χ4n) is 3.07. The standard InChI is InChI=1S/C20H21N3O5S/c1-27-17-7-3-4-8-18(17)28-15-20(24)22-10-12-23(13-11-22)29(25,26)19-9-5-2-6-16(19)14-21/h2-9H,10-13,15H2,1H3. The number of methoxy groups -OCH3 is 1. The number of hydrogen-bond acceptors (Lipinski definition) is 6. The lowest BCUT2D eigenvalue weighted by atomic mass is 10.2. The molecule has 3 rings (SSSR count). The molecular weight excluding hydrogens is 394 g/mol. The van der Waals surface area contributed by atoms with E-state index in [0.717, 1.165) is 0 Å². The van der Waals surface area contributed by atoms with Gasteiger partial charge in [-0.05, 0) is 24.3 Å². The molecule has 1 aliphatic heterocycles. The van der Waals surface area contributed by atoms with Gasteiger partial charge in [-0.2, -0.15) is 9.57 Å². The van der Waals surface area contributed by atoms with Crippen LogP contribution in [0.2, 0.25) is 0 Å². The Morgan fingerprint density at radius 1 is 1.03 bits per heavy atom. The average molecular weight is 415 g/mol. The third-order valence-electron chi connectivity index (χ3n) is 4.64. The van der Waals surface area contributed by atoms with E-state index in [9.17, 15) is 18.5 Å². The Labute approximate surface area is 169 Å². The fourth-order valence-corrected chi connectivity index (χ4v) is 4.63. The number of amides is 1.